The highest BCUT2D eigenvalue weighted by Gasteiger charge is 2.21. The summed E-state index contributed by atoms with van der Waals surface area (Å²) in [7, 11) is 0. The first-order valence-corrected chi connectivity index (χ1v) is 48.4. The minimum atomic E-state index is -0.670. The maximum Gasteiger partial charge on any atom is 0.508 e. The van der Waals surface area contributed by atoms with E-state index >= 15 is 0 Å². The summed E-state index contributed by atoms with van der Waals surface area (Å²) in [5, 5.41) is 17.7. The lowest BCUT2D eigenvalue weighted by atomic mass is 9.92. The molecule has 19 heteroatoms. The van der Waals surface area contributed by atoms with Crippen molar-refractivity contribution in [3.05, 3.63) is 0 Å². The Morgan fingerprint density at radius 3 is 0.895 bits per heavy atom. The van der Waals surface area contributed by atoms with E-state index in [4.69, 9.17) is 38.3 Å². The second-order valence-corrected chi connectivity index (χ2v) is 32.5. The lowest BCUT2D eigenvalue weighted by Gasteiger charge is -2.26. The minimum absolute atomic E-state index is 0.0355. The Bertz CT molecular complexity index is 2040. The van der Waals surface area contributed by atoms with E-state index in [0.717, 1.165) is 213 Å². The molecule has 114 heavy (non-hydrogen) atoms. The van der Waals surface area contributed by atoms with Crippen molar-refractivity contribution in [2.24, 2.45) is 11.8 Å². The maximum atomic E-state index is 12.8. The molecule has 0 aromatic heterocycles. The van der Waals surface area contributed by atoms with Gasteiger partial charge < -0.3 is 53.2 Å². The van der Waals surface area contributed by atoms with Crippen LogP contribution in [0.4, 0.5) is 9.59 Å². The van der Waals surface area contributed by atoms with Crippen molar-refractivity contribution in [1.29, 1.82) is 0 Å². The van der Waals surface area contributed by atoms with Gasteiger partial charge in [0.15, 0.2) is 0 Å². The fourth-order valence-electron chi connectivity index (χ4n) is 14.4. The number of carboxylic acid groups (broad SMARTS) is 1. The van der Waals surface area contributed by atoms with E-state index in [0.29, 0.717) is 83.5 Å². The largest absolute Gasteiger partial charge is 0.508 e. The third kappa shape index (κ3) is 83.3. The maximum absolute atomic E-state index is 12.8. The van der Waals surface area contributed by atoms with E-state index in [2.05, 4.69) is 103 Å². The summed E-state index contributed by atoms with van der Waals surface area (Å²) in [5.41, 5.74) is 0. The number of nitrogens with zero attached hydrogens (tertiary/aromatic N) is 4. The Hall–Kier alpha value is -3.78. The van der Waals surface area contributed by atoms with E-state index in [9.17, 15) is 33.9 Å². The van der Waals surface area contributed by atoms with Crippen LogP contribution in [0.15, 0.2) is 0 Å². The molecule has 19 nitrogen and oxygen atoms in total. The molecule has 0 aromatic carbocycles. The number of carbonyl (C=O) groups excluding carboxylic acids is 5. The van der Waals surface area contributed by atoms with Crippen molar-refractivity contribution >= 4 is 36.2 Å². The van der Waals surface area contributed by atoms with Gasteiger partial charge in [-0.3, -0.25) is 29.0 Å². The summed E-state index contributed by atoms with van der Waals surface area (Å²) < 4.78 is 39.6. The highest BCUT2D eigenvalue weighted by molar-refractivity contribution is 5.70. The van der Waals surface area contributed by atoms with Crippen molar-refractivity contribution < 1.29 is 72.1 Å². The van der Waals surface area contributed by atoms with Gasteiger partial charge in [0.1, 0.15) is 32.0 Å². The molecule has 0 saturated carbocycles. The van der Waals surface area contributed by atoms with Crippen LogP contribution in [-0.4, -0.2) is 196 Å². The first-order chi connectivity index (χ1) is 55.5. The zero-order chi connectivity index (χ0) is 84.7. The number of hydrogen-bond donors (Lipinski definition) is 2. The first kappa shape index (κ1) is 114. The summed E-state index contributed by atoms with van der Waals surface area (Å²) in [5.74, 6) is 0.346. The van der Waals surface area contributed by atoms with Crippen LogP contribution in [0.25, 0.3) is 0 Å². The zero-order valence-corrected chi connectivity index (χ0v) is 76.9. The second kappa shape index (κ2) is 91.5. The minimum Gasteiger partial charge on any atom is -0.481 e. The van der Waals surface area contributed by atoms with Gasteiger partial charge in [-0.05, 0) is 134 Å². The SMILES string of the molecule is CCCCCCC(CCCCCCCCC(=O)OCCC(CCCCC)CCCCC)OC(=O)OCCN(CCO)CCN(CC)CC.CCCCCCCC(=O)O.CCCCCCCC(=O)OCCN(CCOC(=O)OC(CCCCCC)CCCCCCCCC(=O)OCC(CCCC)CCCCCC)CCN(CC)CC. The number of likely N-dealkylation sites (N-methyl/N-ethyl adjacent to an activating group) is 2. The zero-order valence-electron chi connectivity index (χ0n) is 76.9. The number of hydrogen-bond acceptors (Lipinski definition) is 18. The Labute approximate surface area is 702 Å². The number of esters is 3. The number of aliphatic carboxylic acids is 1. The fraction of sp³-hybridized carbons (Fsp3) is 0.937. The Kier molecular flexibility index (Phi) is 91.8. The normalized spacial score (nSPS) is 12.2. The Morgan fingerprint density at radius 2 is 0.526 bits per heavy atom. The Balaban J connectivity index is -0.00000194. The van der Waals surface area contributed by atoms with E-state index in [1.54, 1.807) is 0 Å². The standard InChI is InChI=1S/C47H92N2O7.C40H80N2O6.C8H16O2/c1-7-13-17-22-28-34-45(50)53-40-38-49(37-36-48(11-5)12-6)39-41-54-47(52)56-44(32-26-19-15-9-3)33-27-23-20-21-24-29-35-46(51)55-42-43(30-16-10-4)31-25-18-14-8-2;1-6-11-14-21-26-38(48-40(45)47-36-33-42(32-34-43)31-30-41(9-4)10-5)27-22-17-15-16-18-23-28-39(44)46-35-29-37(24-19-12-7-2)25-20-13-8-3;1-2-3-4-5-6-7-8(9)10/h43-44H,7-42H2,1-6H3;37-38,43H,6-36H2,1-5H3;2-7H2,1H3,(H,9,10). The summed E-state index contributed by atoms with van der Waals surface area (Å²) in [6.07, 6.45) is 57.9. The number of rotatable bonds is 84. The van der Waals surface area contributed by atoms with Gasteiger partial charge in [0.25, 0.3) is 0 Å². The predicted molar refractivity (Wildman–Crippen MR) is 475 cm³/mol. The van der Waals surface area contributed by atoms with Crippen LogP contribution in [0, 0.1) is 11.8 Å². The molecule has 0 radical (unpaired) electrons. The lowest BCUT2D eigenvalue weighted by molar-refractivity contribution is -0.146. The molecule has 0 rings (SSSR count). The molecule has 0 bridgehead atoms. The molecular formula is C95H188N4O15. The second-order valence-electron chi connectivity index (χ2n) is 32.5. The van der Waals surface area contributed by atoms with Crippen molar-refractivity contribution in [3.8, 4) is 0 Å². The number of carbonyl (C=O) groups is 6. The average Bonchev–Trinajstić information content (AvgIpc) is 0.962. The van der Waals surface area contributed by atoms with Crippen LogP contribution >= 0.6 is 0 Å². The highest BCUT2D eigenvalue weighted by Crippen LogP contribution is 2.24. The molecule has 0 aliphatic rings. The lowest BCUT2D eigenvalue weighted by Crippen LogP contribution is -2.39. The van der Waals surface area contributed by atoms with Gasteiger partial charge in [0, 0.05) is 78.0 Å². The number of carboxylic acids is 1. The number of unbranched alkanes of at least 4 members (excludes halogenated alkanes) is 32. The molecule has 0 aromatic rings. The first-order valence-electron chi connectivity index (χ1n) is 48.4. The monoisotopic (exact) mass is 1630 g/mol. The van der Waals surface area contributed by atoms with Gasteiger partial charge in [-0.2, -0.15) is 0 Å². The van der Waals surface area contributed by atoms with Gasteiger partial charge >= 0.3 is 36.2 Å². The summed E-state index contributed by atoms with van der Waals surface area (Å²) in [4.78, 5) is 81.4. The summed E-state index contributed by atoms with van der Waals surface area (Å²) >= 11 is 0. The molecule has 0 heterocycles. The van der Waals surface area contributed by atoms with E-state index < -0.39 is 18.3 Å². The van der Waals surface area contributed by atoms with Gasteiger partial charge in [0.05, 0.1) is 19.8 Å². The van der Waals surface area contributed by atoms with Crippen LogP contribution < -0.4 is 0 Å². The van der Waals surface area contributed by atoms with Crippen LogP contribution in [-0.2, 0) is 52.3 Å². The van der Waals surface area contributed by atoms with Crippen LogP contribution in [0.3, 0.4) is 0 Å². The van der Waals surface area contributed by atoms with Gasteiger partial charge in [-0.15, -0.1) is 0 Å². The van der Waals surface area contributed by atoms with Crippen LogP contribution in [0.1, 0.15) is 436 Å². The fourth-order valence-corrected chi connectivity index (χ4v) is 14.4. The quantitative estimate of drug-likeness (QED) is 0.0328. The molecule has 2 N–H and O–H groups in total. The molecule has 0 aliphatic heterocycles. The molecule has 3 atom stereocenters. The smallest absolute Gasteiger partial charge is 0.481 e. The highest BCUT2D eigenvalue weighted by atomic mass is 16.7. The van der Waals surface area contributed by atoms with Crippen molar-refractivity contribution in [3.63, 3.8) is 0 Å². The molecule has 678 valence electrons. The summed E-state index contributed by atoms with van der Waals surface area (Å²) in [6.45, 7) is 38.3. The van der Waals surface area contributed by atoms with Gasteiger partial charge in [0.2, 0.25) is 0 Å². The van der Waals surface area contributed by atoms with E-state index in [-0.39, 0.29) is 49.9 Å². The van der Waals surface area contributed by atoms with Crippen LogP contribution in [0.2, 0.25) is 0 Å². The molecule has 3 unspecified atom stereocenters. The number of ether oxygens (including phenoxy) is 7. The Morgan fingerprint density at radius 1 is 0.254 bits per heavy atom. The van der Waals surface area contributed by atoms with Crippen LogP contribution in [0.5, 0.6) is 0 Å². The van der Waals surface area contributed by atoms with E-state index in [1.165, 1.54) is 167 Å². The van der Waals surface area contributed by atoms with Crippen molar-refractivity contribution in [2.45, 2.75) is 448 Å². The molecule has 0 amide bonds. The summed E-state index contributed by atoms with van der Waals surface area (Å²) in [6, 6.07) is 0. The number of aliphatic hydroxyl groups is 1. The average molecular weight is 1630 g/mol. The van der Waals surface area contributed by atoms with Gasteiger partial charge in [-0.25, -0.2) is 9.59 Å². The third-order valence-corrected chi connectivity index (χ3v) is 22.3. The number of aliphatic hydroxyl groups excluding tert-OH is 1. The molecule has 0 spiro atoms. The molecule has 0 aliphatic carbocycles. The molecule has 0 fully saturated rings. The van der Waals surface area contributed by atoms with Crippen molar-refractivity contribution in [2.75, 3.05) is 118 Å². The molecular weight excluding hydrogens is 1440 g/mol. The van der Waals surface area contributed by atoms with Crippen molar-refractivity contribution in [1.82, 2.24) is 19.6 Å². The predicted octanol–water partition coefficient (Wildman–Crippen LogP) is 24.8. The molecule has 0 saturated heterocycles. The topological polar surface area (TPSA) is 220 Å². The van der Waals surface area contributed by atoms with Gasteiger partial charge in [-0.1, -0.05) is 314 Å². The van der Waals surface area contributed by atoms with E-state index in [1.807, 2.05) is 0 Å². The third-order valence-electron chi connectivity index (χ3n) is 22.3.